The van der Waals surface area contributed by atoms with E-state index < -0.39 is 5.41 Å². The van der Waals surface area contributed by atoms with E-state index in [4.69, 9.17) is 0 Å². The smallest absolute Gasteiger partial charge is 0.160 e. The van der Waals surface area contributed by atoms with Crippen LogP contribution in [0, 0.1) is 0 Å². The Morgan fingerprint density at radius 2 is 1.40 bits per heavy atom. The van der Waals surface area contributed by atoms with Gasteiger partial charge >= 0.3 is 0 Å². The first kappa shape index (κ1) is 15.1. The Kier molecular flexibility index (Phi) is 3.98. The Balaban J connectivity index is 2.39. The molecular formula is C16H18O2S2. The first-order valence-corrected chi connectivity index (χ1v) is 8.07. The molecule has 0 aliphatic heterocycles. The fourth-order valence-electron chi connectivity index (χ4n) is 1.95. The van der Waals surface area contributed by atoms with Crippen LogP contribution >= 0.6 is 22.7 Å². The van der Waals surface area contributed by atoms with E-state index in [2.05, 4.69) is 19.9 Å². The van der Waals surface area contributed by atoms with Gasteiger partial charge in [0.1, 0.15) is 6.29 Å². The average Bonchev–Trinajstić information content (AvgIpc) is 3.08. The first-order valence-electron chi connectivity index (χ1n) is 6.44. The highest BCUT2D eigenvalue weighted by molar-refractivity contribution is 7.15. The summed E-state index contributed by atoms with van der Waals surface area (Å²) in [6.45, 7) is 8.16. The third kappa shape index (κ3) is 2.63. The lowest BCUT2D eigenvalue weighted by Crippen LogP contribution is -2.17. The molecule has 0 bridgehead atoms. The lowest BCUT2D eigenvalue weighted by molar-refractivity contribution is -0.111. The van der Waals surface area contributed by atoms with Crippen molar-refractivity contribution in [1.29, 1.82) is 0 Å². The standard InChI is InChI=1S/C16H18O2S2/c1-15(2,10-18)12-7-8-14(20-12)16(3,4)13-6-5-11(9-17)19-13/h5-10H,1-4H3. The zero-order chi connectivity index (χ0) is 15.0. The van der Waals surface area contributed by atoms with Crippen molar-refractivity contribution in [2.75, 3.05) is 0 Å². The third-order valence-corrected chi connectivity index (χ3v) is 6.59. The van der Waals surface area contributed by atoms with Crippen LogP contribution in [0.15, 0.2) is 24.3 Å². The Morgan fingerprint density at radius 3 is 1.95 bits per heavy atom. The molecule has 0 saturated carbocycles. The molecule has 106 valence electrons. The molecule has 0 N–H and O–H groups in total. The minimum atomic E-state index is -0.442. The molecule has 2 aromatic heterocycles. The van der Waals surface area contributed by atoms with Gasteiger partial charge < -0.3 is 4.79 Å². The Labute approximate surface area is 127 Å². The summed E-state index contributed by atoms with van der Waals surface area (Å²) in [6.07, 6.45) is 1.88. The van der Waals surface area contributed by atoms with Crippen LogP contribution in [0.2, 0.25) is 0 Å². The van der Waals surface area contributed by atoms with Crippen molar-refractivity contribution >= 4 is 35.2 Å². The molecule has 2 nitrogen and oxygen atoms in total. The zero-order valence-electron chi connectivity index (χ0n) is 12.1. The fourth-order valence-corrected chi connectivity index (χ4v) is 4.14. The van der Waals surface area contributed by atoms with Crippen molar-refractivity contribution in [1.82, 2.24) is 0 Å². The van der Waals surface area contributed by atoms with Crippen LogP contribution in [0.25, 0.3) is 0 Å². The normalized spacial score (nSPS) is 12.4. The lowest BCUT2D eigenvalue weighted by Gasteiger charge is -2.22. The van der Waals surface area contributed by atoms with Crippen molar-refractivity contribution in [2.45, 2.75) is 38.5 Å². The number of aldehydes is 2. The molecule has 20 heavy (non-hydrogen) atoms. The monoisotopic (exact) mass is 306 g/mol. The van der Waals surface area contributed by atoms with Gasteiger partial charge in [0.2, 0.25) is 0 Å². The van der Waals surface area contributed by atoms with E-state index >= 15 is 0 Å². The molecule has 0 aliphatic rings. The third-order valence-electron chi connectivity index (χ3n) is 3.51. The summed E-state index contributed by atoms with van der Waals surface area (Å²) in [4.78, 5) is 26.2. The predicted octanol–water partition coefficient (Wildman–Crippen LogP) is 4.42. The number of thiophene rings is 2. The van der Waals surface area contributed by atoms with Crippen LogP contribution < -0.4 is 0 Å². The largest absolute Gasteiger partial charge is 0.302 e. The molecule has 0 spiro atoms. The van der Waals surface area contributed by atoms with Crippen LogP contribution in [-0.4, -0.2) is 12.6 Å². The van der Waals surface area contributed by atoms with E-state index in [1.807, 2.05) is 32.0 Å². The second-order valence-electron chi connectivity index (χ2n) is 5.95. The van der Waals surface area contributed by atoms with Crippen LogP contribution in [0.4, 0.5) is 0 Å². The average molecular weight is 306 g/mol. The van der Waals surface area contributed by atoms with Gasteiger partial charge in [-0.1, -0.05) is 13.8 Å². The quantitative estimate of drug-likeness (QED) is 0.766. The number of rotatable bonds is 5. The van der Waals surface area contributed by atoms with Crippen molar-refractivity contribution in [2.24, 2.45) is 0 Å². The van der Waals surface area contributed by atoms with Gasteiger partial charge in [-0.2, -0.15) is 0 Å². The van der Waals surface area contributed by atoms with E-state index in [1.165, 1.54) is 16.2 Å². The summed E-state index contributed by atoms with van der Waals surface area (Å²) in [5, 5.41) is 0. The van der Waals surface area contributed by atoms with E-state index in [-0.39, 0.29) is 5.41 Å². The second-order valence-corrected chi connectivity index (χ2v) is 8.15. The number of carbonyl (C=O) groups is 2. The van der Waals surface area contributed by atoms with Crippen LogP contribution in [0.3, 0.4) is 0 Å². The molecule has 0 amide bonds. The molecule has 2 aromatic rings. The van der Waals surface area contributed by atoms with Gasteiger partial charge in [0.25, 0.3) is 0 Å². The zero-order valence-corrected chi connectivity index (χ0v) is 13.7. The van der Waals surface area contributed by atoms with Crippen molar-refractivity contribution < 1.29 is 9.59 Å². The summed E-state index contributed by atoms with van der Waals surface area (Å²) in [6, 6.07) is 7.99. The van der Waals surface area contributed by atoms with E-state index in [1.54, 1.807) is 11.3 Å². The van der Waals surface area contributed by atoms with Gasteiger partial charge in [0, 0.05) is 20.0 Å². The Morgan fingerprint density at radius 1 is 0.850 bits per heavy atom. The molecule has 0 fully saturated rings. The molecule has 2 rings (SSSR count). The van der Waals surface area contributed by atoms with Gasteiger partial charge in [-0.05, 0) is 38.1 Å². The van der Waals surface area contributed by atoms with Crippen LogP contribution in [0.1, 0.15) is 52.0 Å². The van der Waals surface area contributed by atoms with E-state index in [0.29, 0.717) is 0 Å². The SMILES string of the molecule is CC(C)(C=O)c1ccc(C(C)(C)c2ccc(C=O)s2)s1. The summed E-state index contributed by atoms with van der Waals surface area (Å²) in [5.74, 6) is 0. The minimum absolute atomic E-state index is 0.145. The highest BCUT2D eigenvalue weighted by Crippen LogP contribution is 2.41. The molecule has 0 aromatic carbocycles. The van der Waals surface area contributed by atoms with Gasteiger partial charge in [0.15, 0.2) is 6.29 Å². The van der Waals surface area contributed by atoms with Crippen LogP contribution in [0.5, 0.6) is 0 Å². The topological polar surface area (TPSA) is 34.1 Å². The Bertz CT molecular complexity index is 632. The predicted molar refractivity (Wildman–Crippen MR) is 85.2 cm³/mol. The number of hydrogen-bond acceptors (Lipinski definition) is 4. The Hall–Kier alpha value is -1.26. The maximum atomic E-state index is 11.2. The lowest BCUT2D eigenvalue weighted by atomic mass is 9.89. The van der Waals surface area contributed by atoms with E-state index in [0.717, 1.165) is 27.2 Å². The molecular weight excluding hydrogens is 288 g/mol. The molecule has 4 heteroatoms. The first-order chi connectivity index (χ1) is 9.31. The molecule has 0 unspecified atom stereocenters. The number of carbonyl (C=O) groups excluding carboxylic acids is 2. The van der Waals surface area contributed by atoms with Gasteiger partial charge in [-0.25, -0.2) is 0 Å². The summed E-state index contributed by atoms with van der Waals surface area (Å²) in [5.41, 5.74) is -0.587. The molecule has 0 aliphatic carbocycles. The van der Waals surface area contributed by atoms with Crippen molar-refractivity contribution in [3.63, 3.8) is 0 Å². The second kappa shape index (κ2) is 5.26. The van der Waals surface area contributed by atoms with Crippen LogP contribution in [-0.2, 0) is 15.6 Å². The summed E-state index contributed by atoms with van der Waals surface area (Å²) in [7, 11) is 0. The highest BCUT2D eigenvalue weighted by Gasteiger charge is 2.29. The maximum Gasteiger partial charge on any atom is 0.160 e. The van der Waals surface area contributed by atoms with Gasteiger partial charge in [0.05, 0.1) is 10.3 Å². The number of hydrogen-bond donors (Lipinski definition) is 0. The van der Waals surface area contributed by atoms with E-state index in [9.17, 15) is 9.59 Å². The summed E-state index contributed by atoms with van der Waals surface area (Å²) < 4.78 is 0. The summed E-state index contributed by atoms with van der Waals surface area (Å²) >= 11 is 3.20. The van der Waals surface area contributed by atoms with Crippen molar-refractivity contribution in [3.8, 4) is 0 Å². The molecule has 0 atom stereocenters. The molecule has 0 saturated heterocycles. The molecule has 2 heterocycles. The fraction of sp³-hybridized carbons (Fsp3) is 0.375. The van der Waals surface area contributed by atoms with Crippen molar-refractivity contribution in [3.05, 3.63) is 43.8 Å². The minimum Gasteiger partial charge on any atom is -0.302 e. The highest BCUT2D eigenvalue weighted by atomic mass is 32.1. The van der Waals surface area contributed by atoms with Gasteiger partial charge in [-0.3, -0.25) is 4.79 Å². The maximum absolute atomic E-state index is 11.2. The van der Waals surface area contributed by atoms with Gasteiger partial charge in [-0.15, -0.1) is 22.7 Å². The molecule has 0 radical (unpaired) electrons.